The van der Waals surface area contributed by atoms with E-state index in [0.717, 1.165) is 33.2 Å². The van der Waals surface area contributed by atoms with Gasteiger partial charge < -0.3 is 14.3 Å². The second-order valence-corrected chi connectivity index (χ2v) is 8.34. The fraction of sp³-hybridized carbons (Fsp3) is 0.273. The van der Waals surface area contributed by atoms with Crippen molar-refractivity contribution in [3.63, 3.8) is 0 Å². The first kappa shape index (κ1) is 19.7. The van der Waals surface area contributed by atoms with Crippen LogP contribution < -0.4 is 4.74 Å². The van der Waals surface area contributed by atoms with Crippen LogP contribution in [0.25, 0.3) is 10.9 Å². The Kier molecular flexibility index (Phi) is 5.99. The molecule has 1 atom stereocenters. The minimum atomic E-state index is -1.25. The highest BCUT2D eigenvalue weighted by Crippen LogP contribution is 2.32. The van der Waals surface area contributed by atoms with Crippen molar-refractivity contribution >= 4 is 28.2 Å². The van der Waals surface area contributed by atoms with Crippen molar-refractivity contribution < 1.29 is 18.5 Å². The van der Waals surface area contributed by atoms with Gasteiger partial charge in [-0.25, -0.2) is 8.51 Å². The molecule has 0 N–H and O–H groups in total. The summed E-state index contributed by atoms with van der Waals surface area (Å²) in [5.41, 5.74) is 2.68. The number of benzene rings is 2. The van der Waals surface area contributed by atoms with Crippen molar-refractivity contribution in [2.24, 2.45) is 0 Å². The van der Waals surface area contributed by atoms with E-state index in [4.69, 9.17) is 9.47 Å². The van der Waals surface area contributed by atoms with Crippen LogP contribution in [0.15, 0.2) is 53.6 Å². The predicted molar refractivity (Wildman–Crippen MR) is 112 cm³/mol. The van der Waals surface area contributed by atoms with Crippen LogP contribution in [0.5, 0.6) is 11.5 Å². The number of fused-ring (bicyclic) bond motifs is 1. The van der Waals surface area contributed by atoms with E-state index in [1.54, 1.807) is 6.20 Å². The summed E-state index contributed by atoms with van der Waals surface area (Å²) in [6.45, 7) is 4.43. The molecule has 6 nitrogen and oxygen atoms in total. The SMILES string of the molecule is Cc1cc(CC=O)ccc1Oc1ccnc2ccc(S(=O)N3CCOCC3)cc12. The van der Waals surface area contributed by atoms with Crippen LogP contribution >= 0.6 is 0 Å². The Labute approximate surface area is 172 Å². The van der Waals surface area contributed by atoms with Gasteiger partial charge in [0.1, 0.15) is 28.8 Å². The van der Waals surface area contributed by atoms with E-state index in [-0.39, 0.29) is 0 Å². The molecule has 0 spiro atoms. The molecule has 4 rings (SSSR count). The molecule has 1 aliphatic rings. The number of hydrogen-bond donors (Lipinski definition) is 0. The van der Waals surface area contributed by atoms with Crippen molar-refractivity contribution in [3.8, 4) is 11.5 Å². The highest BCUT2D eigenvalue weighted by Gasteiger charge is 2.19. The summed E-state index contributed by atoms with van der Waals surface area (Å²) in [6, 6.07) is 13.1. The van der Waals surface area contributed by atoms with Gasteiger partial charge in [-0.05, 0) is 48.4 Å². The van der Waals surface area contributed by atoms with E-state index >= 15 is 0 Å². The number of morpholine rings is 1. The van der Waals surface area contributed by atoms with Crippen molar-refractivity contribution in [1.29, 1.82) is 0 Å². The van der Waals surface area contributed by atoms with Crippen molar-refractivity contribution in [2.45, 2.75) is 18.2 Å². The third-order valence-electron chi connectivity index (χ3n) is 4.86. The molecule has 0 amide bonds. The summed E-state index contributed by atoms with van der Waals surface area (Å²) in [5, 5.41) is 0.808. The lowest BCUT2D eigenvalue weighted by Crippen LogP contribution is -2.37. The van der Waals surface area contributed by atoms with Crippen LogP contribution in [0, 0.1) is 6.92 Å². The van der Waals surface area contributed by atoms with Gasteiger partial charge in [0, 0.05) is 31.1 Å². The molecule has 150 valence electrons. The van der Waals surface area contributed by atoms with Crippen LogP contribution in [0.1, 0.15) is 11.1 Å². The Morgan fingerprint density at radius 2 is 1.97 bits per heavy atom. The lowest BCUT2D eigenvalue weighted by molar-refractivity contribution is -0.107. The van der Waals surface area contributed by atoms with Gasteiger partial charge in [-0.2, -0.15) is 0 Å². The number of aromatic nitrogens is 1. The first-order valence-corrected chi connectivity index (χ1v) is 10.6. The Morgan fingerprint density at radius 1 is 1.14 bits per heavy atom. The van der Waals surface area contributed by atoms with E-state index in [0.29, 0.717) is 44.2 Å². The Balaban J connectivity index is 1.66. The molecule has 1 aromatic heterocycles. The maximum atomic E-state index is 13.0. The lowest BCUT2D eigenvalue weighted by Gasteiger charge is -2.25. The average Bonchev–Trinajstić information content (AvgIpc) is 2.76. The fourth-order valence-corrected chi connectivity index (χ4v) is 4.51. The first-order chi connectivity index (χ1) is 14.2. The maximum Gasteiger partial charge on any atom is 0.138 e. The van der Waals surface area contributed by atoms with Crippen molar-refractivity contribution in [3.05, 3.63) is 59.8 Å². The zero-order valence-electron chi connectivity index (χ0n) is 16.2. The summed E-state index contributed by atoms with van der Waals surface area (Å²) < 4.78 is 26.4. The molecule has 1 aliphatic heterocycles. The predicted octanol–water partition coefficient (Wildman–Crippen LogP) is 3.43. The molecule has 0 radical (unpaired) electrons. The maximum absolute atomic E-state index is 13.0. The molecule has 1 saturated heterocycles. The lowest BCUT2D eigenvalue weighted by atomic mass is 10.1. The largest absolute Gasteiger partial charge is 0.456 e. The van der Waals surface area contributed by atoms with Crippen molar-refractivity contribution in [1.82, 2.24) is 9.29 Å². The van der Waals surface area contributed by atoms with Crippen LogP contribution in [0.2, 0.25) is 0 Å². The number of carbonyl (C=O) groups is 1. The summed E-state index contributed by atoms with van der Waals surface area (Å²) in [4.78, 5) is 15.9. The number of ether oxygens (including phenoxy) is 2. The van der Waals surface area contributed by atoms with Gasteiger partial charge in [-0.1, -0.05) is 12.1 Å². The number of pyridine rings is 1. The van der Waals surface area contributed by atoms with Crippen LogP contribution in [0.4, 0.5) is 0 Å². The monoisotopic (exact) mass is 410 g/mol. The molecule has 29 heavy (non-hydrogen) atoms. The van der Waals surface area contributed by atoms with Gasteiger partial charge >= 0.3 is 0 Å². The zero-order valence-corrected chi connectivity index (χ0v) is 17.0. The van der Waals surface area contributed by atoms with E-state index < -0.39 is 11.0 Å². The standard InChI is InChI=1S/C22H22N2O4S/c1-16-14-17(7-11-25)2-5-21(16)28-22-6-8-23-20-4-3-18(15-19(20)22)29(26)24-9-12-27-13-10-24/h2-6,8,11,14-15H,7,9-10,12-13H2,1H3. The minimum absolute atomic E-state index is 0.385. The molecule has 0 aliphatic carbocycles. The van der Waals surface area contributed by atoms with Gasteiger partial charge in [0.15, 0.2) is 0 Å². The number of aryl methyl sites for hydroxylation is 1. The Hall–Kier alpha value is -2.61. The normalized spacial score (nSPS) is 15.9. The van der Waals surface area contributed by atoms with Crippen LogP contribution in [0.3, 0.4) is 0 Å². The van der Waals surface area contributed by atoms with Crippen LogP contribution in [-0.2, 0) is 26.9 Å². The topological polar surface area (TPSA) is 68.7 Å². The molecule has 1 fully saturated rings. The number of nitrogens with zero attached hydrogens (tertiary/aromatic N) is 2. The summed E-state index contributed by atoms with van der Waals surface area (Å²) in [7, 11) is -1.25. The van der Waals surface area contributed by atoms with E-state index in [2.05, 4.69) is 4.98 Å². The summed E-state index contributed by atoms with van der Waals surface area (Å²) in [6.07, 6.45) is 2.98. The second kappa shape index (κ2) is 8.82. The summed E-state index contributed by atoms with van der Waals surface area (Å²) in [5.74, 6) is 1.37. The van der Waals surface area contributed by atoms with E-state index in [1.807, 2.05) is 53.7 Å². The highest BCUT2D eigenvalue weighted by atomic mass is 32.2. The second-order valence-electron chi connectivity index (χ2n) is 6.85. The average molecular weight is 410 g/mol. The molecule has 0 bridgehead atoms. The number of rotatable bonds is 6. The third-order valence-corrected chi connectivity index (χ3v) is 6.35. The first-order valence-electron chi connectivity index (χ1n) is 9.50. The van der Waals surface area contributed by atoms with Gasteiger partial charge in [0.05, 0.1) is 23.6 Å². The Morgan fingerprint density at radius 3 is 2.72 bits per heavy atom. The smallest absolute Gasteiger partial charge is 0.138 e. The van der Waals surface area contributed by atoms with Crippen LogP contribution in [-0.4, -0.2) is 46.1 Å². The Bertz CT molecular complexity index is 1060. The van der Waals surface area contributed by atoms with Gasteiger partial charge in [0.2, 0.25) is 0 Å². The van der Waals surface area contributed by atoms with Gasteiger partial charge in [-0.3, -0.25) is 4.98 Å². The molecular weight excluding hydrogens is 388 g/mol. The molecule has 7 heteroatoms. The number of carbonyl (C=O) groups excluding carboxylic acids is 1. The number of hydrogen-bond acceptors (Lipinski definition) is 5. The minimum Gasteiger partial charge on any atom is -0.456 e. The molecule has 0 saturated carbocycles. The molecular formula is C22H22N2O4S. The quantitative estimate of drug-likeness (QED) is 0.583. The molecule has 2 aromatic carbocycles. The molecule has 1 unspecified atom stereocenters. The zero-order chi connectivity index (χ0) is 20.2. The van der Waals surface area contributed by atoms with Gasteiger partial charge in [0.25, 0.3) is 0 Å². The summed E-state index contributed by atoms with van der Waals surface area (Å²) >= 11 is 0. The van der Waals surface area contributed by atoms with E-state index in [9.17, 15) is 9.00 Å². The van der Waals surface area contributed by atoms with Gasteiger partial charge in [-0.15, -0.1) is 0 Å². The fourth-order valence-electron chi connectivity index (χ4n) is 3.33. The third kappa shape index (κ3) is 4.37. The highest BCUT2D eigenvalue weighted by molar-refractivity contribution is 7.82. The number of aldehydes is 1. The molecule has 3 aromatic rings. The van der Waals surface area contributed by atoms with Crippen molar-refractivity contribution in [2.75, 3.05) is 26.3 Å². The van der Waals surface area contributed by atoms with E-state index in [1.165, 1.54) is 0 Å². The molecule has 2 heterocycles.